The Morgan fingerprint density at radius 3 is 2.52 bits per heavy atom. The summed E-state index contributed by atoms with van der Waals surface area (Å²) in [5.41, 5.74) is 4.72. The summed E-state index contributed by atoms with van der Waals surface area (Å²) in [6.45, 7) is 3.66. The number of hydrogen-bond acceptors (Lipinski definition) is 3. The molecule has 0 atom stereocenters. The summed E-state index contributed by atoms with van der Waals surface area (Å²) in [5, 5.41) is 21.3. The third kappa shape index (κ3) is 2.22. The van der Waals surface area contributed by atoms with Gasteiger partial charge in [0.25, 0.3) is 0 Å². The summed E-state index contributed by atoms with van der Waals surface area (Å²) < 4.78 is 0. The second kappa shape index (κ2) is 5.68. The zero-order chi connectivity index (χ0) is 14.8. The molecule has 0 spiro atoms. The van der Waals surface area contributed by atoms with Crippen molar-refractivity contribution in [2.45, 2.75) is 13.0 Å². The van der Waals surface area contributed by atoms with Gasteiger partial charge >= 0.3 is 0 Å². The fourth-order valence-corrected chi connectivity index (χ4v) is 2.94. The molecule has 0 amide bonds. The summed E-state index contributed by atoms with van der Waals surface area (Å²) in [4.78, 5) is 0. The van der Waals surface area contributed by atoms with E-state index in [-0.39, 0.29) is 6.61 Å². The molecule has 0 aliphatic heterocycles. The largest absolute Gasteiger partial charge is 0.392 e. The Kier molecular flexibility index (Phi) is 3.73. The number of fused-ring (bicyclic) bond motifs is 1. The number of aromatic amines is 1. The maximum absolute atomic E-state index is 9.86. The number of aromatic nitrogens is 3. The number of nitrogens with one attached hydrogen (secondary N) is 1. The van der Waals surface area contributed by atoms with Gasteiger partial charge in [-0.1, -0.05) is 48.0 Å². The van der Waals surface area contributed by atoms with Crippen LogP contribution in [0.2, 0.25) is 5.02 Å². The Labute approximate surface area is 127 Å². The maximum atomic E-state index is 9.86. The molecule has 0 saturated heterocycles. The van der Waals surface area contributed by atoms with Crippen molar-refractivity contribution in [2.24, 2.45) is 0 Å². The topological polar surface area (TPSA) is 61.8 Å². The summed E-state index contributed by atoms with van der Waals surface area (Å²) >= 11 is 6.51. The van der Waals surface area contributed by atoms with E-state index in [1.54, 1.807) is 6.08 Å². The van der Waals surface area contributed by atoms with Gasteiger partial charge in [0.2, 0.25) is 0 Å². The zero-order valence-electron chi connectivity index (χ0n) is 11.3. The Balaban J connectivity index is 2.42. The van der Waals surface area contributed by atoms with Gasteiger partial charge in [-0.2, -0.15) is 15.4 Å². The van der Waals surface area contributed by atoms with Crippen LogP contribution < -0.4 is 0 Å². The van der Waals surface area contributed by atoms with Crippen LogP contribution in [0.1, 0.15) is 11.1 Å². The van der Waals surface area contributed by atoms with Crippen LogP contribution in [0.5, 0.6) is 0 Å². The highest BCUT2D eigenvalue weighted by molar-refractivity contribution is 6.38. The van der Waals surface area contributed by atoms with Crippen LogP contribution in [-0.2, 0) is 13.0 Å². The van der Waals surface area contributed by atoms with E-state index in [4.69, 9.17) is 11.6 Å². The Hall–Kier alpha value is -2.17. The monoisotopic (exact) mass is 299 g/mol. The minimum atomic E-state index is -0.115. The van der Waals surface area contributed by atoms with Crippen molar-refractivity contribution in [1.82, 2.24) is 15.4 Å². The van der Waals surface area contributed by atoms with E-state index in [0.29, 0.717) is 22.5 Å². The van der Waals surface area contributed by atoms with Gasteiger partial charge in [0, 0.05) is 5.56 Å². The lowest BCUT2D eigenvalue weighted by Crippen LogP contribution is -2.00. The van der Waals surface area contributed by atoms with Crippen molar-refractivity contribution in [3.8, 4) is 11.1 Å². The zero-order valence-corrected chi connectivity index (χ0v) is 12.1. The first-order valence-corrected chi connectivity index (χ1v) is 6.96. The molecular formula is C16H14ClN3O. The maximum Gasteiger partial charge on any atom is 0.132 e. The molecule has 0 saturated carbocycles. The van der Waals surface area contributed by atoms with Crippen LogP contribution in [0, 0.1) is 0 Å². The van der Waals surface area contributed by atoms with E-state index >= 15 is 0 Å². The predicted molar refractivity (Wildman–Crippen MR) is 84.2 cm³/mol. The van der Waals surface area contributed by atoms with Gasteiger partial charge in [0.05, 0.1) is 11.6 Å². The molecule has 3 aromatic rings. The van der Waals surface area contributed by atoms with Crippen LogP contribution in [0.25, 0.3) is 22.2 Å². The van der Waals surface area contributed by atoms with Crippen LogP contribution in [-0.4, -0.2) is 20.5 Å². The van der Waals surface area contributed by atoms with Crippen LogP contribution in [0.4, 0.5) is 0 Å². The number of allylic oxidation sites excluding steroid dienone is 1. The average Bonchev–Trinajstić information content (AvgIpc) is 3.00. The molecule has 5 heteroatoms. The van der Waals surface area contributed by atoms with Crippen LogP contribution >= 0.6 is 11.6 Å². The van der Waals surface area contributed by atoms with E-state index < -0.39 is 0 Å². The summed E-state index contributed by atoms with van der Waals surface area (Å²) in [6, 6.07) is 9.74. The minimum Gasteiger partial charge on any atom is -0.392 e. The highest BCUT2D eigenvalue weighted by Crippen LogP contribution is 2.39. The van der Waals surface area contributed by atoms with Crippen molar-refractivity contribution >= 4 is 22.6 Å². The van der Waals surface area contributed by atoms with E-state index in [1.165, 1.54) is 0 Å². The SMILES string of the molecule is C=CCc1c(CO)c(-c2ccccc2)c(Cl)c2n[nH]nc12. The van der Waals surface area contributed by atoms with Gasteiger partial charge in [-0.05, 0) is 23.1 Å². The van der Waals surface area contributed by atoms with Gasteiger partial charge in [-0.15, -0.1) is 6.58 Å². The molecule has 4 nitrogen and oxygen atoms in total. The molecule has 2 aromatic carbocycles. The highest BCUT2D eigenvalue weighted by atomic mass is 35.5. The van der Waals surface area contributed by atoms with Crippen molar-refractivity contribution < 1.29 is 5.11 Å². The number of aliphatic hydroxyl groups is 1. The molecule has 106 valence electrons. The molecule has 0 radical (unpaired) electrons. The van der Waals surface area contributed by atoms with Crippen molar-refractivity contribution in [3.63, 3.8) is 0 Å². The predicted octanol–water partition coefficient (Wildman–Crippen LogP) is 3.50. The number of benzene rings is 2. The normalized spacial score (nSPS) is 11.0. The lowest BCUT2D eigenvalue weighted by molar-refractivity contribution is 0.281. The molecule has 0 fully saturated rings. The highest BCUT2D eigenvalue weighted by Gasteiger charge is 2.20. The van der Waals surface area contributed by atoms with Gasteiger partial charge in [0.15, 0.2) is 0 Å². The fraction of sp³-hybridized carbons (Fsp3) is 0.125. The van der Waals surface area contributed by atoms with Gasteiger partial charge in [-0.3, -0.25) is 0 Å². The summed E-state index contributed by atoms with van der Waals surface area (Å²) in [6.07, 6.45) is 2.38. The molecule has 1 aromatic heterocycles. The second-order valence-corrected chi connectivity index (χ2v) is 5.06. The molecule has 0 aliphatic rings. The lowest BCUT2D eigenvalue weighted by atomic mass is 9.92. The second-order valence-electron chi connectivity index (χ2n) is 4.68. The molecular weight excluding hydrogens is 286 g/mol. The third-order valence-corrected chi connectivity index (χ3v) is 3.86. The summed E-state index contributed by atoms with van der Waals surface area (Å²) in [7, 11) is 0. The van der Waals surface area contributed by atoms with E-state index in [1.807, 2.05) is 30.3 Å². The Morgan fingerprint density at radius 2 is 1.86 bits per heavy atom. The van der Waals surface area contributed by atoms with Crippen molar-refractivity contribution in [3.05, 3.63) is 59.1 Å². The van der Waals surface area contributed by atoms with E-state index in [0.717, 1.165) is 22.3 Å². The summed E-state index contributed by atoms with van der Waals surface area (Å²) in [5.74, 6) is 0. The number of aliphatic hydroxyl groups excluding tert-OH is 1. The Morgan fingerprint density at radius 1 is 1.14 bits per heavy atom. The molecule has 0 unspecified atom stereocenters. The number of rotatable bonds is 4. The van der Waals surface area contributed by atoms with Crippen LogP contribution in [0.15, 0.2) is 43.0 Å². The van der Waals surface area contributed by atoms with Crippen molar-refractivity contribution in [2.75, 3.05) is 0 Å². The number of hydrogen-bond donors (Lipinski definition) is 2. The van der Waals surface area contributed by atoms with Gasteiger partial charge in [0.1, 0.15) is 11.0 Å². The number of H-pyrrole nitrogens is 1. The molecule has 1 heterocycles. The van der Waals surface area contributed by atoms with E-state index in [2.05, 4.69) is 22.0 Å². The average molecular weight is 300 g/mol. The number of nitrogens with zero attached hydrogens (tertiary/aromatic N) is 2. The molecule has 3 rings (SSSR count). The molecule has 0 aliphatic carbocycles. The third-order valence-electron chi connectivity index (χ3n) is 3.50. The first kappa shape index (κ1) is 13.8. The molecule has 0 bridgehead atoms. The quantitative estimate of drug-likeness (QED) is 0.725. The van der Waals surface area contributed by atoms with Gasteiger partial charge < -0.3 is 5.11 Å². The van der Waals surface area contributed by atoms with Gasteiger partial charge in [-0.25, -0.2) is 0 Å². The standard InChI is InChI=1S/C16H14ClN3O/c1-2-6-11-12(9-21)13(10-7-4-3-5-8-10)14(17)16-15(11)18-20-19-16/h2-5,7-8,21H,1,6,9H2,(H,18,19,20). The first-order valence-electron chi connectivity index (χ1n) is 6.58. The van der Waals surface area contributed by atoms with Crippen LogP contribution in [0.3, 0.4) is 0 Å². The smallest absolute Gasteiger partial charge is 0.132 e. The first-order chi connectivity index (χ1) is 10.3. The molecule has 21 heavy (non-hydrogen) atoms. The van der Waals surface area contributed by atoms with Crippen molar-refractivity contribution in [1.29, 1.82) is 0 Å². The molecule has 2 N–H and O–H groups in total. The number of halogens is 1. The lowest BCUT2D eigenvalue weighted by Gasteiger charge is -2.15. The van der Waals surface area contributed by atoms with E-state index in [9.17, 15) is 5.11 Å². The minimum absolute atomic E-state index is 0.115. The fourth-order valence-electron chi connectivity index (χ4n) is 2.58. The Bertz CT molecular complexity index is 796.